The third-order valence-corrected chi connectivity index (χ3v) is 4.05. The second-order valence-corrected chi connectivity index (χ2v) is 6.50. The van der Waals surface area contributed by atoms with E-state index in [1.807, 2.05) is 6.92 Å². The molecule has 1 amide bonds. The number of aromatic nitrogens is 1. The highest BCUT2D eigenvalue weighted by Gasteiger charge is 2.29. The number of benzene rings is 1. The minimum Gasteiger partial charge on any atom is -0.463 e. The van der Waals surface area contributed by atoms with Gasteiger partial charge in [0.1, 0.15) is 11.3 Å². The number of amides is 1. The van der Waals surface area contributed by atoms with Gasteiger partial charge in [-0.05, 0) is 27.2 Å². The molecule has 1 unspecified atom stereocenters. The highest BCUT2D eigenvalue weighted by atomic mass is 16.6. The molecule has 0 saturated heterocycles. The summed E-state index contributed by atoms with van der Waals surface area (Å²) in [5.74, 6) is -0.757. The first-order valence-corrected chi connectivity index (χ1v) is 8.93. The predicted octanol–water partition coefficient (Wildman–Crippen LogP) is 3.27. The van der Waals surface area contributed by atoms with E-state index < -0.39 is 22.8 Å². The number of aryl methyl sites for hydroxylation is 2. The van der Waals surface area contributed by atoms with E-state index in [2.05, 4.69) is 10.5 Å². The first kappa shape index (κ1) is 21.1. The van der Waals surface area contributed by atoms with Crippen LogP contribution in [-0.2, 0) is 16.0 Å². The predicted molar refractivity (Wildman–Crippen MR) is 99.8 cm³/mol. The summed E-state index contributed by atoms with van der Waals surface area (Å²) in [6, 6.07) is 5.01. The number of nitro groups is 1. The second-order valence-electron chi connectivity index (χ2n) is 6.50. The van der Waals surface area contributed by atoms with Gasteiger partial charge in [-0.3, -0.25) is 19.7 Å². The van der Waals surface area contributed by atoms with E-state index in [0.717, 1.165) is 0 Å². The van der Waals surface area contributed by atoms with Gasteiger partial charge in [-0.25, -0.2) is 0 Å². The lowest BCUT2D eigenvalue weighted by Gasteiger charge is -2.19. The van der Waals surface area contributed by atoms with Crippen molar-refractivity contribution < 1.29 is 23.8 Å². The molecule has 150 valence electrons. The van der Waals surface area contributed by atoms with Crippen LogP contribution in [0.2, 0.25) is 0 Å². The highest BCUT2D eigenvalue weighted by Crippen LogP contribution is 2.28. The first-order valence-electron chi connectivity index (χ1n) is 8.93. The first-order chi connectivity index (χ1) is 13.2. The van der Waals surface area contributed by atoms with E-state index in [4.69, 9.17) is 9.26 Å². The lowest BCUT2D eigenvalue weighted by molar-refractivity contribution is -0.385. The molecule has 2 aromatic rings. The zero-order valence-electron chi connectivity index (χ0n) is 16.2. The fourth-order valence-corrected chi connectivity index (χ4v) is 2.85. The summed E-state index contributed by atoms with van der Waals surface area (Å²) in [6.45, 7) is 6.83. The molecule has 1 heterocycles. The number of hydrogen-bond acceptors (Lipinski definition) is 7. The molecule has 0 bridgehead atoms. The van der Waals surface area contributed by atoms with Crippen LogP contribution in [0.5, 0.6) is 0 Å². The third-order valence-electron chi connectivity index (χ3n) is 4.05. The molecule has 28 heavy (non-hydrogen) atoms. The van der Waals surface area contributed by atoms with Crippen molar-refractivity contribution in [2.24, 2.45) is 0 Å². The average molecular weight is 389 g/mol. The van der Waals surface area contributed by atoms with E-state index in [1.165, 1.54) is 18.2 Å². The summed E-state index contributed by atoms with van der Waals surface area (Å²) in [6.07, 6.45) is -0.117. The number of carbonyl (C=O) groups is 2. The zero-order valence-corrected chi connectivity index (χ0v) is 16.2. The Balaban J connectivity index is 2.39. The van der Waals surface area contributed by atoms with E-state index in [9.17, 15) is 19.7 Å². The molecule has 0 aliphatic carbocycles. The number of rotatable bonds is 8. The van der Waals surface area contributed by atoms with Crippen molar-refractivity contribution in [1.29, 1.82) is 0 Å². The van der Waals surface area contributed by atoms with Crippen molar-refractivity contribution in [3.05, 3.63) is 57.0 Å². The molecule has 0 saturated carbocycles. The lowest BCUT2D eigenvalue weighted by atomic mass is 10.0. The number of carbonyl (C=O) groups excluding carboxylic acids is 2. The molecule has 0 spiro atoms. The van der Waals surface area contributed by atoms with Gasteiger partial charge in [0.15, 0.2) is 0 Å². The van der Waals surface area contributed by atoms with E-state index >= 15 is 0 Å². The number of para-hydroxylation sites is 1. The van der Waals surface area contributed by atoms with Crippen LogP contribution in [0.4, 0.5) is 5.69 Å². The number of nitrogens with one attached hydrogen (secondary N) is 1. The van der Waals surface area contributed by atoms with Crippen molar-refractivity contribution in [1.82, 2.24) is 10.5 Å². The molecule has 1 N–H and O–H groups in total. The monoisotopic (exact) mass is 389 g/mol. The molecule has 2 rings (SSSR count). The summed E-state index contributed by atoms with van der Waals surface area (Å²) in [5, 5.41) is 18.0. The van der Waals surface area contributed by atoms with Crippen LogP contribution < -0.4 is 5.32 Å². The summed E-state index contributed by atoms with van der Waals surface area (Å²) >= 11 is 0. The van der Waals surface area contributed by atoms with Gasteiger partial charge in [0.25, 0.3) is 11.6 Å². The number of esters is 1. The van der Waals surface area contributed by atoms with Crippen molar-refractivity contribution in [2.75, 3.05) is 0 Å². The number of nitro benzene ring substituents is 1. The van der Waals surface area contributed by atoms with Crippen molar-refractivity contribution in [3.63, 3.8) is 0 Å². The Bertz CT molecular complexity index is 874. The van der Waals surface area contributed by atoms with Crippen LogP contribution in [-0.4, -0.2) is 28.1 Å². The molecule has 1 aromatic carbocycles. The Kier molecular flexibility index (Phi) is 6.86. The maximum Gasteiger partial charge on any atom is 0.308 e. The molecular formula is C19H23N3O6. The Morgan fingerprint density at radius 1 is 1.32 bits per heavy atom. The Morgan fingerprint density at radius 3 is 2.61 bits per heavy atom. The minimum absolute atomic E-state index is 0.192. The van der Waals surface area contributed by atoms with Gasteiger partial charge in [-0.2, -0.15) is 0 Å². The molecular weight excluding hydrogens is 366 g/mol. The minimum atomic E-state index is -0.945. The van der Waals surface area contributed by atoms with Gasteiger partial charge in [-0.1, -0.05) is 30.3 Å². The summed E-state index contributed by atoms with van der Waals surface area (Å²) in [4.78, 5) is 35.9. The van der Waals surface area contributed by atoms with Crippen LogP contribution >= 0.6 is 0 Å². The number of ether oxygens (including phenoxy) is 1. The SMILES string of the molecule is CCc1noc(C)c1C(=O)NC(CC(=O)OC(C)C)c1ccccc1[N+](=O)[O-]. The van der Waals surface area contributed by atoms with Gasteiger partial charge in [0, 0.05) is 6.07 Å². The molecule has 0 radical (unpaired) electrons. The number of hydrogen-bond donors (Lipinski definition) is 1. The summed E-state index contributed by atoms with van der Waals surface area (Å²) in [7, 11) is 0. The van der Waals surface area contributed by atoms with Gasteiger partial charge < -0.3 is 14.6 Å². The largest absolute Gasteiger partial charge is 0.463 e. The second kappa shape index (κ2) is 9.12. The zero-order chi connectivity index (χ0) is 20.8. The van der Waals surface area contributed by atoms with Crippen LogP contribution in [0, 0.1) is 17.0 Å². The quantitative estimate of drug-likeness (QED) is 0.417. The van der Waals surface area contributed by atoms with E-state index in [0.29, 0.717) is 17.9 Å². The van der Waals surface area contributed by atoms with Gasteiger partial charge in [0.2, 0.25) is 0 Å². The lowest BCUT2D eigenvalue weighted by Crippen LogP contribution is -2.32. The number of nitrogens with zero attached hydrogens (tertiary/aromatic N) is 2. The smallest absolute Gasteiger partial charge is 0.308 e. The molecule has 1 aromatic heterocycles. The van der Waals surface area contributed by atoms with E-state index in [-0.39, 0.29) is 29.3 Å². The highest BCUT2D eigenvalue weighted by molar-refractivity contribution is 5.96. The van der Waals surface area contributed by atoms with Crippen LogP contribution in [0.25, 0.3) is 0 Å². The molecule has 1 atom stereocenters. The third kappa shape index (κ3) is 4.93. The van der Waals surface area contributed by atoms with Crippen LogP contribution in [0.15, 0.2) is 28.8 Å². The molecule has 0 aliphatic rings. The Morgan fingerprint density at radius 2 is 2.00 bits per heavy atom. The fourth-order valence-electron chi connectivity index (χ4n) is 2.85. The Hall–Kier alpha value is -3.23. The molecule has 9 heteroatoms. The van der Waals surface area contributed by atoms with Gasteiger partial charge in [0.05, 0.1) is 34.7 Å². The van der Waals surface area contributed by atoms with Crippen LogP contribution in [0.1, 0.15) is 60.6 Å². The molecule has 0 fully saturated rings. The van der Waals surface area contributed by atoms with Crippen LogP contribution in [0.3, 0.4) is 0 Å². The van der Waals surface area contributed by atoms with Gasteiger partial charge >= 0.3 is 5.97 Å². The van der Waals surface area contributed by atoms with E-state index in [1.54, 1.807) is 26.8 Å². The van der Waals surface area contributed by atoms with Crippen molar-refractivity contribution >= 4 is 17.6 Å². The molecule has 0 aliphatic heterocycles. The standard InChI is InChI=1S/C19H23N3O6/c1-5-14-18(12(4)28-21-14)19(24)20-15(10-17(23)27-11(2)3)13-8-6-7-9-16(13)22(25)26/h6-9,11,15H,5,10H2,1-4H3,(H,20,24). The maximum atomic E-state index is 12.8. The average Bonchev–Trinajstić information content (AvgIpc) is 3.01. The van der Waals surface area contributed by atoms with Crippen molar-refractivity contribution in [2.45, 2.75) is 52.7 Å². The van der Waals surface area contributed by atoms with Gasteiger partial charge in [-0.15, -0.1) is 0 Å². The normalized spacial score (nSPS) is 11.9. The maximum absolute atomic E-state index is 12.8. The topological polar surface area (TPSA) is 125 Å². The van der Waals surface area contributed by atoms with Crippen molar-refractivity contribution in [3.8, 4) is 0 Å². The Labute approximate surface area is 162 Å². The summed E-state index contributed by atoms with van der Waals surface area (Å²) < 4.78 is 10.2. The summed E-state index contributed by atoms with van der Waals surface area (Å²) in [5.41, 5.74) is 0.765. The molecule has 9 nitrogen and oxygen atoms in total. The fraction of sp³-hybridized carbons (Fsp3) is 0.421.